The van der Waals surface area contributed by atoms with Crippen molar-refractivity contribution in [2.24, 2.45) is 0 Å². The number of benzene rings is 1. The molecule has 0 amide bonds. The molecule has 25 heavy (non-hydrogen) atoms. The van der Waals surface area contributed by atoms with E-state index in [1.54, 1.807) is 6.92 Å². The van der Waals surface area contributed by atoms with Gasteiger partial charge in [0.15, 0.2) is 0 Å². The minimum absolute atomic E-state index is 0.0253. The van der Waals surface area contributed by atoms with Gasteiger partial charge in [0.1, 0.15) is 9.88 Å². The summed E-state index contributed by atoms with van der Waals surface area (Å²) in [6, 6.07) is 9.51. The van der Waals surface area contributed by atoms with Gasteiger partial charge in [0.05, 0.1) is 12.3 Å². The fraction of sp³-hybridized carbons (Fsp3) is 0.333. The number of carbonyl (C=O) groups is 1. The van der Waals surface area contributed by atoms with Crippen LogP contribution in [0.5, 0.6) is 0 Å². The highest BCUT2D eigenvalue weighted by Crippen LogP contribution is 2.28. The number of carbonyl (C=O) groups excluding carboxylic acids is 1. The van der Waals surface area contributed by atoms with Gasteiger partial charge in [-0.05, 0) is 33.5 Å². The second-order valence-corrected chi connectivity index (χ2v) is 6.23. The van der Waals surface area contributed by atoms with Gasteiger partial charge in [0.2, 0.25) is 0 Å². The maximum absolute atomic E-state index is 12.3. The van der Waals surface area contributed by atoms with Crippen LogP contribution in [0.15, 0.2) is 42.0 Å². The highest BCUT2D eigenvalue weighted by molar-refractivity contribution is 7.17. The Bertz CT molecular complexity index is 711. The number of nitrogens with one attached hydrogen (secondary N) is 1. The molecule has 0 aliphatic carbocycles. The zero-order valence-corrected chi connectivity index (χ0v) is 15.5. The predicted molar refractivity (Wildman–Crippen MR) is 97.1 cm³/mol. The summed E-state index contributed by atoms with van der Waals surface area (Å²) in [6.07, 6.45) is -1.70. The van der Waals surface area contributed by atoms with Crippen LogP contribution in [0, 0.1) is 6.92 Å². The van der Waals surface area contributed by atoms with E-state index in [0.29, 0.717) is 10.6 Å². The van der Waals surface area contributed by atoms with E-state index in [-0.39, 0.29) is 18.6 Å². The number of nitrogens with zero attached hydrogens (tertiary/aromatic N) is 1. The molecule has 0 aliphatic rings. The van der Waals surface area contributed by atoms with E-state index in [1.807, 2.05) is 44.4 Å². The Hall–Kier alpha value is -2.12. The molecule has 4 nitrogen and oxygen atoms in total. The van der Waals surface area contributed by atoms with E-state index in [9.17, 15) is 13.6 Å². The average Bonchev–Trinajstić information content (AvgIpc) is 2.98. The molecule has 0 radical (unpaired) electrons. The lowest BCUT2D eigenvalue weighted by molar-refractivity contribution is 0.0512. The Morgan fingerprint density at radius 3 is 2.40 bits per heavy atom. The lowest BCUT2D eigenvalue weighted by atomic mass is 10.2. The summed E-state index contributed by atoms with van der Waals surface area (Å²) in [6.45, 7) is 2.97. The largest absolute Gasteiger partial charge is 0.461 e. The molecule has 0 atom stereocenters. The summed E-state index contributed by atoms with van der Waals surface area (Å²) in [5.41, 5.74) is 1.43. The topological polar surface area (TPSA) is 51.2 Å². The Balaban J connectivity index is 0.000000970. The first-order valence-corrected chi connectivity index (χ1v) is 8.51. The summed E-state index contributed by atoms with van der Waals surface area (Å²) < 4.78 is 29.6. The molecule has 1 aromatic heterocycles. The van der Waals surface area contributed by atoms with Gasteiger partial charge in [-0.1, -0.05) is 30.3 Å². The molecule has 0 unspecified atom stereocenters. The first-order chi connectivity index (χ1) is 11.9. The van der Waals surface area contributed by atoms with Crippen LogP contribution < -0.4 is 5.32 Å². The number of esters is 1. The minimum atomic E-state index is -1.73. The van der Waals surface area contributed by atoms with Crippen LogP contribution in [-0.4, -0.2) is 31.7 Å². The number of thiazole rings is 1. The second kappa shape index (κ2) is 10.7. The minimum Gasteiger partial charge on any atom is -0.461 e. The Morgan fingerprint density at radius 2 is 1.84 bits per heavy atom. The Kier molecular flexibility index (Phi) is 8.94. The molecule has 1 heterocycles. The molecule has 0 spiro atoms. The van der Waals surface area contributed by atoms with Crippen molar-refractivity contribution in [1.29, 1.82) is 0 Å². The van der Waals surface area contributed by atoms with Crippen LogP contribution in [-0.2, 0) is 4.74 Å². The highest BCUT2D eigenvalue weighted by atomic mass is 32.1. The van der Waals surface area contributed by atoms with Gasteiger partial charge in [-0.15, -0.1) is 11.3 Å². The number of aromatic nitrogens is 1. The van der Waals surface area contributed by atoms with Crippen molar-refractivity contribution in [2.45, 2.75) is 20.3 Å². The summed E-state index contributed by atoms with van der Waals surface area (Å²) >= 11 is 1.24. The SMILES string of the molecule is CC(CCOC(=O)c1sc(-c2ccccc2)nc1C)=C(F)F.CNC. The smallest absolute Gasteiger partial charge is 0.350 e. The molecule has 2 aromatic rings. The molecule has 0 bridgehead atoms. The van der Waals surface area contributed by atoms with Crippen molar-refractivity contribution in [3.05, 3.63) is 52.6 Å². The quantitative estimate of drug-likeness (QED) is 0.779. The third-order valence-electron chi connectivity index (χ3n) is 3.04. The summed E-state index contributed by atoms with van der Waals surface area (Å²) in [5, 5.41) is 3.48. The zero-order chi connectivity index (χ0) is 18.8. The van der Waals surface area contributed by atoms with Crippen LogP contribution in [0.1, 0.15) is 28.7 Å². The van der Waals surface area contributed by atoms with Gasteiger partial charge in [-0.3, -0.25) is 0 Å². The lowest BCUT2D eigenvalue weighted by Crippen LogP contribution is -2.06. The first kappa shape index (κ1) is 20.9. The second-order valence-electron chi connectivity index (χ2n) is 5.23. The van der Waals surface area contributed by atoms with Crippen molar-refractivity contribution < 1.29 is 18.3 Å². The van der Waals surface area contributed by atoms with E-state index in [2.05, 4.69) is 10.3 Å². The average molecular weight is 368 g/mol. The van der Waals surface area contributed by atoms with Crippen LogP contribution in [0.3, 0.4) is 0 Å². The molecule has 0 aliphatic heterocycles. The number of hydrogen-bond donors (Lipinski definition) is 1. The van der Waals surface area contributed by atoms with Crippen molar-refractivity contribution in [3.63, 3.8) is 0 Å². The first-order valence-electron chi connectivity index (χ1n) is 7.69. The third kappa shape index (κ3) is 6.72. The summed E-state index contributed by atoms with van der Waals surface area (Å²) in [4.78, 5) is 16.8. The van der Waals surface area contributed by atoms with Crippen molar-refractivity contribution >= 4 is 17.3 Å². The highest BCUT2D eigenvalue weighted by Gasteiger charge is 2.17. The fourth-order valence-electron chi connectivity index (χ4n) is 1.75. The number of hydrogen-bond acceptors (Lipinski definition) is 5. The normalized spacial score (nSPS) is 9.84. The Morgan fingerprint density at radius 1 is 1.24 bits per heavy atom. The van der Waals surface area contributed by atoms with Gasteiger partial charge in [-0.2, -0.15) is 8.78 Å². The monoisotopic (exact) mass is 368 g/mol. The molecule has 2 rings (SSSR count). The van der Waals surface area contributed by atoms with E-state index in [4.69, 9.17) is 4.74 Å². The summed E-state index contributed by atoms with van der Waals surface area (Å²) in [7, 11) is 3.75. The maximum atomic E-state index is 12.3. The molecule has 7 heteroatoms. The molecule has 0 fully saturated rings. The van der Waals surface area contributed by atoms with Crippen LogP contribution in [0.4, 0.5) is 8.78 Å². The van der Waals surface area contributed by atoms with Crippen LogP contribution >= 0.6 is 11.3 Å². The third-order valence-corrected chi connectivity index (χ3v) is 4.22. The van der Waals surface area contributed by atoms with E-state index in [0.717, 1.165) is 10.6 Å². The molecule has 0 saturated heterocycles. The lowest BCUT2D eigenvalue weighted by Gasteiger charge is -2.03. The Labute approximate surface area is 150 Å². The molecule has 1 aromatic carbocycles. The van der Waals surface area contributed by atoms with E-state index < -0.39 is 12.0 Å². The van der Waals surface area contributed by atoms with E-state index >= 15 is 0 Å². The molecular weight excluding hydrogens is 346 g/mol. The zero-order valence-electron chi connectivity index (χ0n) is 14.7. The van der Waals surface area contributed by atoms with Gasteiger partial charge < -0.3 is 10.1 Å². The maximum Gasteiger partial charge on any atom is 0.350 e. The van der Waals surface area contributed by atoms with Gasteiger partial charge in [0.25, 0.3) is 6.08 Å². The fourth-order valence-corrected chi connectivity index (χ4v) is 2.71. The summed E-state index contributed by atoms with van der Waals surface area (Å²) in [5.74, 6) is -0.524. The number of halogens is 2. The standard InChI is InChI=1S/C16H15F2NO2S.C2H7N/c1-10(14(17)18)8-9-21-16(20)13-11(2)19-15(22-13)12-6-4-3-5-7-12;1-3-2/h3-7H,8-9H2,1-2H3;3H,1-2H3. The number of rotatable bonds is 5. The molecular formula is C18H22F2N2O2S. The number of aryl methyl sites for hydroxylation is 1. The molecule has 136 valence electrons. The van der Waals surface area contributed by atoms with Crippen molar-refractivity contribution in [3.8, 4) is 10.6 Å². The van der Waals surface area contributed by atoms with Gasteiger partial charge in [-0.25, -0.2) is 9.78 Å². The van der Waals surface area contributed by atoms with E-state index in [1.165, 1.54) is 18.3 Å². The molecule has 1 N–H and O–H groups in total. The van der Waals surface area contributed by atoms with Crippen molar-refractivity contribution in [2.75, 3.05) is 20.7 Å². The molecule has 0 saturated carbocycles. The number of ether oxygens (including phenoxy) is 1. The van der Waals surface area contributed by atoms with Gasteiger partial charge >= 0.3 is 5.97 Å². The van der Waals surface area contributed by atoms with Crippen LogP contribution in [0.2, 0.25) is 0 Å². The van der Waals surface area contributed by atoms with Gasteiger partial charge in [0, 0.05) is 12.0 Å². The van der Waals surface area contributed by atoms with Crippen molar-refractivity contribution in [1.82, 2.24) is 10.3 Å². The predicted octanol–water partition coefficient (Wildman–Crippen LogP) is 4.67. The van der Waals surface area contributed by atoms with Crippen LogP contribution in [0.25, 0.3) is 10.6 Å².